The van der Waals surface area contributed by atoms with Crippen LogP contribution in [0.2, 0.25) is 5.02 Å². The average molecular weight is 423 g/mol. The minimum absolute atomic E-state index is 0.0409. The Labute approximate surface area is 177 Å². The van der Waals surface area contributed by atoms with Gasteiger partial charge in [0.05, 0.1) is 19.1 Å². The van der Waals surface area contributed by atoms with Crippen LogP contribution >= 0.6 is 11.6 Å². The maximum Gasteiger partial charge on any atom is 0.309 e. The van der Waals surface area contributed by atoms with Crippen molar-refractivity contribution in [1.82, 2.24) is 10.2 Å². The van der Waals surface area contributed by atoms with Crippen molar-refractivity contribution in [1.29, 1.82) is 0 Å². The number of amides is 1. The van der Waals surface area contributed by atoms with Crippen molar-refractivity contribution in [2.24, 2.45) is 10.9 Å². The number of nitrogens with zero attached hydrogens (tertiary/aromatic N) is 2. The van der Waals surface area contributed by atoms with Crippen LogP contribution in [0.3, 0.4) is 0 Å². The van der Waals surface area contributed by atoms with Gasteiger partial charge >= 0.3 is 5.97 Å². The summed E-state index contributed by atoms with van der Waals surface area (Å²) in [6.07, 6.45) is 1.77. The molecule has 1 aromatic rings. The molecule has 0 unspecified atom stereocenters. The van der Waals surface area contributed by atoms with Crippen LogP contribution in [0.4, 0.5) is 5.69 Å². The van der Waals surface area contributed by atoms with Gasteiger partial charge in [-0.2, -0.15) is 0 Å². The van der Waals surface area contributed by atoms with E-state index < -0.39 is 0 Å². The smallest absolute Gasteiger partial charge is 0.309 e. The number of benzene rings is 1. The molecule has 0 radical (unpaired) electrons. The summed E-state index contributed by atoms with van der Waals surface area (Å²) in [4.78, 5) is 30.9. The number of guanidine groups is 1. The maximum absolute atomic E-state index is 12.3. The molecule has 1 aliphatic rings. The highest BCUT2D eigenvalue weighted by molar-refractivity contribution is 6.31. The third kappa shape index (κ3) is 6.92. The summed E-state index contributed by atoms with van der Waals surface area (Å²) in [6.45, 7) is 8.73. The number of hydrogen-bond acceptors (Lipinski definition) is 4. The first-order chi connectivity index (χ1) is 14.0. The Morgan fingerprint density at radius 3 is 2.66 bits per heavy atom. The summed E-state index contributed by atoms with van der Waals surface area (Å²) >= 11 is 6.10. The third-order valence-corrected chi connectivity index (χ3v) is 5.30. The molecule has 0 bridgehead atoms. The molecule has 1 amide bonds. The number of carbonyl (C=O) groups is 2. The Bertz CT molecular complexity index is 731. The number of rotatable bonds is 7. The highest BCUT2D eigenvalue weighted by atomic mass is 35.5. The summed E-state index contributed by atoms with van der Waals surface area (Å²) in [7, 11) is 0. The number of nitrogens with one attached hydrogen (secondary N) is 2. The van der Waals surface area contributed by atoms with Gasteiger partial charge in [0.25, 0.3) is 0 Å². The maximum atomic E-state index is 12.3. The average Bonchev–Trinajstić information content (AvgIpc) is 2.71. The number of carbonyl (C=O) groups excluding carboxylic acids is 2. The lowest BCUT2D eigenvalue weighted by Gasteiger charge is -2.33. The first kappa shape index (κ1) is 23.0. The van der Waals surface area contributed by atoms with Gasteiger partial charge in [-0.1, -0.05) is 17.7 Å². The van der Waals surface area contributed by atoms with Crippen molar-refractivity contribution in [3.8, 4) is 0 Å². The fourth-order valence-corrected chi connectivity index (χ4v) is 3.41. The lowest BCUT2D eigenvalue weighted by Crippen LogP contribution is -2.46. The van der Waals surface area contributed by atoms with Crippen molar-refractivity contribution in [3.05, 3.63) is 28.8 Å². The standard InChI is InChI=1S/C21H31ClN4O3/c1-4-23-21(26-13-10-16(11-14-26)20(28)29-5-2)24-12-9-19(27)25-18-8-6-7-17(22)15(18)3/h6-8,16H,4-5,9-14H2,1-3H3,(H,23,24)(H,25,27). The zero-order chi connectivity index (χ0) is 21.2. The molecule has 1 aromatic carbocycles. The summed E-state index contributed by atoms with van der Waals surface area (Å²) in [5.74, 6) is 0.528. The highest BCUT2D eigenvalue weighted by Gasteiger charge is 2.27. The van der Waals surface area contributed by atoms with E-state index in [0.717, 1.165) is 49.7 Å². The third-order valence-electron chi connectivity index (χ3n) is 4.89. The molecule has 2 rings (SSSR count). The zero-order valence-corrected chi connectivity index (χ0v) is 18.2. The molecule has 1 heterocycles. The molecule has 0 saturated carbocycles. The zero-order valence-electron chi connectivity index (χ0n) is 17.5. The minimum atomic E-state index is -0.109. The molecule has 0 spiro atoms. The van der Waals surface area contributed by atoms with Crippen molar-refractivity contribution in [3.63, 3.8) is 0 Å². The molecule has 0 atom stereocenters. The Balaban J connectivity index is 1.86. The van der Waals surface area contributed by atoms with Gasteiger partial charge in [-0.05, 0) is 51.3 Å². The van der Waals surface area contributed by atoms with Crippen LogP contribution in [0.1, 0.15) is 38.7 Å². The molecule has 160 valence electrons. The number of esters is 1. The second-order valence-electron chi connectivity index (χ2n) is 6.96. The van der Waals surface area contributed by atoms with Crippen molar-refractivity contribution >= 4 is 35.1 Å². The molecule has 8 heteroatoms. The van der Waals surface area contributed by atoms with Crippen LogP contribution in [0.5, 0.6) is 0 Å². The van der Waals surface area contributed by atoms with E-state index >= 15 is 0 Å². The Kier molecular flexibility index (Phi) is 9.25. The van der Waals surface area contributed by atoms with Gasteiger partial charge in [0.2, 0.25) is 5.91 Å². The van der Waals surface area contributed by atoms with E-state index in [1.54, 1.807) is 6.07 Å². The summed E-state index contributed by atoms with van der Waals surface area (Å²) in [5.41, 5.74) is 1.57. The molecule has 0 aliphatic carbocycles. The van der Waals surface area contributed by atoms with E-state index in [-0.39, 0.29) is 24.2 Å². The predicted molar refractivity (Wildman–Crippen MR) is 116 cm³/mol. The molecular weight excluding hydrogens is 392 g/mol. The van der Waals surface area contributed by atoms with Crippen LogP contribution in [0, 0.1) is 12.8 Å². The molecule has 0 aromatic heterocycles. The van der Waals surface area contributed by atoms with Gasteiger partial charge < -0.3 is 20.3 Å². The molecule has 1 fully saturated rings. The van der Waals surface area contributed by atoms with Crippen LogP contribution in [-0.4, -0.2) is 55.5 Å². The van der Waals surface area contributed by atoms with Crippen molar-refractivity contribution in [2.75, 3.05) is 38.1 Å². The monoisotopic (exact) mass is 422 g/mol. The van der Waals surface area contributed by atoms with Crippen LogP contribution < -0.4 is 10.6 Å². The van der Waals surface area contributed by atoms with E-state index in [1.165, 1.54) is 0 Å². The SMILES string of the molecule is CCNC(=NCCC(=O)Nc1cccc(Cl)c1C)N1CCC(C(=O)OCC)CC1. The van der Waals surface area contributed by atoms with Gasteiger partial charge in [0, 0.05) is 36.8 Å². The van der Waals surface area contributed by atoms with Gasteiger partial charge in [0.1, 0.15) is 0 Å². The second kappa shape index (κ2) is 11.7. The van der Waals surface area contributed by atoms with E-state index in [4.69, 9.17) is 16.3 Å². The number of aliphatic imine (C=N–C) groups is 1. The Morgan fingerprint density at radius 2 is 2.00 bits per heavy atom. The molecule has 2 N–H and O–H groups in total. The van der Waals surface area contributed by atoms with E-state index in [2.05, 4.69) is 20.5 Å². The van der Waals surface area contributed by atoms with Crippen molar-refractivity contribution in [2.45, 2.75) is 40.0 Å². The van der Waals surface area contributed by atoms with Gasteiger partial charge in [-0.25, -0.2) is 0 Å². The van der Waals surface area contributed by atoms with E-state index in [9.17, 15) is 9.59 Å². The van der Waals surface area contributed by atoms with Gasteiger partial charge in [-0.15, -0.1) is 0 Å². The number of piperidine rings is 1. The minimum Gasteiger partial charge on any atom is -0.466 e. The number of likely N-dealkylation sites (tertiary alicyclic amines) is 1. The lowest BCUT2D eigenvalue weighted by atomic mass is 9.97. The molecule has 29 heavy (non-hydrogen) atoms. The topological polar surface area (TPSA) is 83.0 Å². The highest BCUT2D eigenvalue weighted by Crippen LogP contribution is 2.23. The largest absolute Gasteiger partial charge is 0.466 e. The summed E-state index contributed by atoms with van der Waals surface area (Å²) in [5, 5.41) is 6.79. The quantitative estimate of drug-likeness (QED) is 0.400. The van der Waals surface area contributed by atoms with Crippen LogP contribution in [0.15, 0.2) is 23.2 Å². The summed E-state index contributed by atoms with van der Waals surface area (Å²) in [6, 6.07) is 5.44. The molecule has 1 aliphatic heterocycles. The second-order valence-corrected chi connectivity index (χ2v) is 7.37. The molecule has 1 saturated heterocycles. The lowest BCUT2D eigenvalue weighted by molar-refractivity contribution is -0.149. The van der Waals surface area contributed by atoms with Gasteiger partial charge in [-0.3, -0.25) is 14.6 Å². The number of hydrogen-bond donors (Lipinski definition) is 2. The van der Waals surface area contributed by atoms with Crippen LogP contribution in [-0.2, 0) is 14.3 Å². The predicted octanol–water partition coefficient (Wildman–Crippen LogP) is 3.22. The normalized spacial score (nSPS) is 15.2. The molecule has 7 nitrogen and oxygen atoms in total. The van der Waals surface area contributed by atoms with E-state index in [1.807, 2.05) is 32.9 Å². The fraction of sp³-hybridized carbons (Fsp3) is 0.571. The Morgan fingerprint density at radius 1 is 1.28 bits per heavy atom. The van der Waals surface area contributed by atoms with Crippen LogP contribution in [0.25, 0.3) is 0 Å². The summed E-state index contributed by atoms with van der Waals surface area (Å²) < 4.78 is 5.12. The fourth-order valence-electron chi connectivity index (χ4n) is 3.23. The number of ether oxygens (including phenoxy) is 1. The Hall–Kier alpha value is -2.28. The first-order valence-electron chi connectivity index (χ1n) is 10.2. The first-order valence-corrected chi connectivity index (χ1v) is 10.6. The number of halogens is 1. The number of anilines is 1. The van der Waals surface area contributed by atoms with Crippen molar-refractivity contribution < 1.29 is 14.3 Å². The van der Waals surface area contributed by atoms with E-state index in [0.29, 0.717) is 18.2 Å². The molecular formula is C21H31ClN4O3. The van der Waals surface area contributed by atoms with Gasteiger partial charge in [0.15, 0.2) is 5.96 Å².